The molecule has 0 unspecified atom stereocenters. The highest BCUT2D eigenvalue weighted by atomic mass is 19.4. The molecule has 0 fully saturated rings. The average Bonchev–Trinajstić information content (AvgIpc) is 2.33. The van der Waals surface area contributed by atoms with E-state index in [1.807, 2.05) is 6.92 Å². The Labute approximate surface area is 135 Å². The summed E-state index contributed by atoms with van der Waals surface area (Å²) >= 11 is 0. The highest BCUT2D eigenvalue weighted by molar-refractivity contribution is 5.73. The van der Waals surface area contributed by atoms with Gasteiger partial charge in [0.2, 0.25) is 0 Å². The zero-order valence-electron chi connectivity index (χ0n) is 14.3. The maximum Gasteiger partial charge on any atom is 0.405 e. The molecule has 0 radical (unpaired) electrons. The summed E-state index contributed by atoms with van der Waals surface area (Å²) in [6, 6.07) is 5.07. The van der Waals surface area contributed by atoms with Crippen LogP contribution in [-0.4, -0.2) is 31.3 Å². The smallest absolute Gasteiger partial charge is 0.405 e. The van der Waals surface area contributed by atoms with E-state index in [1.54, 1.807) is 39.0 Å². The lowest BCUT2D eigenvalue weighted by molar-refractivity contribution is -0.153. The van der Waals surface area contributed by atoms with E-state index >= 15 is 0 Å². The van der Waals surface area contributed by atoms with Crippen LogP contribution in [0.5, 0.6) is 0 Å². The van der Waals surface area contributed by atoms with E-state index in [-0.39, 0.29) is 12.4 Å². The molecule has 0 aliphatic rings. The molecule has 0 atom stereocenters. The molecule has 0 bridgehead atoms. The lowest BCUT2D eigenvalue weighted by atomic mass is 10.0. The fourth-order valence-corrected chi connectivity index (χ4v) is 2.30. The molecule has 0 aliphatic heterocycles. The van der Waals surface area contributed by atoms with Crippen LogP contribution in [-0.2, 0) is 22.4 Å². The van der Waals surface area contributed by atoms with Crippen molar-refractivity contribution in [3.8, 4) is 0 Å². The van der Waals surface area contributed by atoms with Gasteiger partial charge in [0.1, 0.15) is 12.1 Å². The Morgan fingerprint density at radius 1 is 1.22 bits per heavy atom. The number of rotatable bonds is 5. The van der Waals surface area contributed by atoms with E-state index in [0.717, 1.165) is 11.1 Å². The molecule has 130 valence electrons. The zero-order chi connectivity index (χ0) is 17.8. The molecule has 1 aromatic rings. The number of benzene rings is 1. The summed E-state index contributed by atoms with van der Waals surface area (Å²) < 4.78 is 42.9. The minimum atomic E-state index is -4.26. The van der Waals surface area contributed by atoms with E-state index < -0.39 is 18.3 Å². The number of hydrogen-bond donors (Lipinski definition) is 0. The molecule has 1 aromatic carbocycles. The number of anilines is 1. The molecule has 3 nitrogen and oxygen atoms in total. The van der Waals surface area contributed by atoms with Crippen molar-refractivity contribution < 1.29 is 22.7 Å². The third-order valence-electron chi connectivity index (χ3n) is 3.12. The van der Waals surface area contributed by atoms with Crippen molar-refractivity contribution >= 4 is 11.7 Å². The van der Waals surface area contributed by atoms with Gasteiger partial charge in [-0.2, -0.15) is 13.2 Å². The highest BCUT2D eigenvalue weighted by Gasteiger charge is 2.30. The van der Waals surface area contributed by atoms with Gasteiger partial charge >= 0.3 is 12.1 Å². The van der Waals surface area contributed by atoms with Crippen LogP contribution in [0.25, 0.3) is 0 Å². The van der Waals surface area contributed by atoms with Crippen LogP contribution in [0.4, 0.5) is 18.9 Å². The van der Waals surface area contributed by atoms with Crippen LogP contribution in [0.3, 0.4) is 0 Å². The van der Waals surface area contributed by atoms with Gasteiger partial charge in [-0.3, -0.25) is 4.79 Å². The Kier molecular flexibility index (Phi) is 6.08. The number of alkyl halides is 3. The van der Waals surface area contributed by atoms with Crippen LogP contribution in [0.2, 0.25) is 0 Å². The number of nitrogens with zero attached hydrogens (tertiary/aromatic N) is 1. The van der Waals surface area contributed by atoms with Crippen molar-refractivity contribution in [2.24, 2.45) is 0 Å². The second-order valence-electron chi connectivity index (χ2n) is 6.55. The molecule has 0 aromatic heterocycles. The molecule has 6 heteroatoms. The Bertz CT molecular complexity index is 548. The Morgan fingerprint density at radius 2 is 1.83 bits per heavy atom. The molecule has 23 heavy (non-hydrogen) atoms. The normalized spacial score (nSPS) is 12.2. The van der Waals surface area contributed by atoms with E-state index in [0.29, 0.717) is 12.1 Å². The third kappa shape index (κ3) is 6.93. The maximum atomic E-state index is 12.5. The minimum Gasteiger partial charge on any atom is -0.460 e. The number of ether oxygens (including phenoxy) is 1. The SMILES string of the molecule is CCc1cc(CC(=O)OC(C)(C)C)ccc1N(C)CC(F)(F)F. The largest absolute Gasteiger partial charge is 0.460 e. The van der Waals surface area contributed by atoms with Gasteiger partial charge in [0.15, 0.2) is 0 Å². The number of halogens is 3. The second-order valence-corrected chi connectivity index (χ2v) is 6.55. The molecule has 0 saturated carbocycles. The maximum absolute atomic E-state index is 12.5. The van der Waals surface area contributed by atoms with Gasteiger partial charge in [0.25, 0.3) is 0 Å². The number of aryl methyl sites for hydroxylation is 1. The predicted molar refractivity (Wildman–Crippen MR) is 84.7 cm³/mol. The standard InChI is InChI=1S/C17H24F3NO2/c1-6-13-9-12(10-15(22)23-16(2,3)4)7-8-14(13)21(5)11-17(18,19)20/h7-9H,6,10-11H2,1-5H3. The summed E-state index contributed by atoms with van der Waals surface area (Å²) in [5, 5.41) is 0. The summed E-state index contributed by atoms with van der Waals surface area (Å²) in [7, 11) is 1.41. The van der Waals surface area contributed by atoms with Crippen molar-refractivity contribution in [2.75, 3.05) is 18.5 Å². The summed E-state index contributed by atoms with van der Waals surface area (Å²) in [4.78, 5) is 13.0. The predicted octanol–water partition coefficient (Wildman–Crippen LogP) is 4.13. The zero-order valence-corrected chi connectivity index (χ0v) is 14.3. The van der Waals surface area contributed by atoms with E-state index in [4.69, 9.17) is 4.74 Å². The van der Waals surface area contributed by atoms with Crippen molar-refractivity contribution in [3.05, 3.63) is 29.3 Å². The van der Waals surface area contributed by atoms with Gasteiger partial charge < -0.3 is 9.64 Å². The van der Waals surface area contributed by atoms with Crippen LogP contribution in [0, 0.1) is 0 Å². The van der Waals surface area contributed by atoms with Crippen LogP contribution in [0.1, 0.15) is 38.8 Å². The lowest BCUT2D eigenvalue weighted by Crippen LogP contribution is -2.31. The van der Waals surface area contributed by atoms with Crippen molar-refractivity contribution in [1.29, 1.82) is 0 Å². The molecule has 0 amide bonds. The molecule has 1 rings (SSSR count). The molecule has 0 N–H and O–H groups in total. The number of carbonyl (C=O) groups is 1. The summed E-state index contributed by atoms with van der Waals surface area (Å²) in [6.07, 6.45) is -3.57. The second kappa shape index (κ2) is 7.23. The van der Waals surface area contributed by atoms with E-state index in [1.165, 1.54) is 11.9 Å². The molecular formula is C17H24F3NO2. The molecular weight excluding hydrogens is 307 g/mol. The first-order valence-electron chi connectivity index (χ1n) is 7.53. The van der Waals surface area contributed by atoms with E-state index in [9.17, 15) is 18.0 Å². The van der Waals surface area contributed by atoms with Gasteiger partial charge in [-0.05, 0) is 44.4 Å². The van der Waals surface area contributed by atoms with Crippen LogP contribution < -0.4 is 4.90 Å². The average molecular weight is 331 g/mol. The lowest BCUT2D eigenvalue weighted by Gasteiger charge is -2.24. The first kappa shape index (κ1) is 19.3. The molecule has 0 heterocycles. The van der Waals surface area contributed by atoms with Crippen molar-refractivity contribution in [2.45, 2.75) is 52.3 Å². The number of esters is 1. The fraction of sp³-hybridized carbons (Fsp3) is 0.588. The monoisotopic (exact) mass is 331 g/mol. The molecule has 0 spiro atoms. The molecule has 0 saturated heterocycles. The van der Waals surface area contributed by atoms with Crippen LogP contribution >= 0.6 is 0 Å². The van der Waals surface area contributed by atoms with E-state index in [2.05, 4.69) is 0 Å². The topological polar surface area (TPSA) is 29.5 Å². The van der Waals surface area contributed by atoms with Gasteiger partial charge in [0.05, 0.1) is 6.42 Å². The number of carbonyl (C=O) groups excluding carboxylic acids is 1. The van der Waals surface area contributed by atoms with Gasteiger partial charge in [-0.15, -0.1) is 0 Å². The number of hydrogen-bond acceptors (Lipinski definition) is 3. The van der Waals surface area contributed by atoms with Crippen LogP contribution in [0.15, 0.2) is 18.2 Å². The first-order chi connectivity index (χ1) is 10.4. The highest BCUT2D eigenvalue weighted by Crippen LogP contribution is 2.26. The quantitative estimate of drug-likeness (QED) is 0.760. The summed E-state index contributed by atoms with van der Waals surface area (Å²) in [5.74, 6) is -0.351. The van der Waals surface area contributed by atoms with Gasteiger partial charge in [-0.1, -0.05) is 19.1 Å². The van der Waals surface area contributed by atoms with Crippen molar-refractivity contribution in [3.63, 3.8) is 0 Å². The Morgan fingerprint density at radius 3 is 2.30 bits per heavy atom. The molecule has 0 aliphatic carbocycles. The van der Waals surface area contributed by atoms with Gasteiger partial charge in [-0.25, -0.2) is 0 Å². The first-order valence-corrected chi connectivity index (χ1v) is 7.53. The third-order valence-corrected chi connectivity index (χ3v) is 3.12. The minimum absolute atomic E-state index is 0.105. The van der Waals surface area contributed by atoms with Gasteiger partial charge in [0, 0.05) is 12.7 Å². The Hall–Kier alpha value is -1.72. The fourth-order valence-electron chi connectivity index (χ4n) is 2.30. The summed E-state index contributed by atoms with van der Waals surface area (Å²) in [6.45, 7) is 6.23. The van der Waals surface area contributed by atoms with Crippen molar-refractivity contribution in [1.82, 2.24) is 0 Å². The summed E-state index contributed by atoms with van der Waals surface area (Å²) in [5.41, 5.74) is 1.48. The Balaban J connectivity index is 2.90.